The molecule has 5 rings (SSSR count). The van der Waals surface area contributed by atoms with Gasteiger partial charge in [-0.05, 0) is 37.5 Å². The summed E-state index contributed by atoms with van der Waals surface area (Å²) in [6, 6.07) is 16.4. The minimum Gasteiger partial charge on any atom is -0.376 e. The standard InChI is InChI=1S/C29H35N3O5/c1-21-7-5-10-23(17-21)28(35)32-25(27(34)30-19-24-11-6-16-36-24)20-37-29(32)12-14-31(15-13-29)26(33)18-22-8-3-2-4-9-22/h2-5,7-10,17,24-25H,6,11-16,18-20H2,1H3,(H,30,34)/t24-,25-/m1/s1. The predicted octanol–water partition coefficient (Wildman–Crippen LogP) is 2.69. The fourth-order valence-corrected chi connectivity index (χ4v) is 5.61. The average Bonchev–Trinajstić information content (AvgIpc) is 3.56. The summed E-state index contributed by atoms with van der Waals surface area (Å²) in [5.41, 5.74) is 1.56. The second-order valence-electron chi connectivity index (χ2n) is 10.2. The van der Waals surface area contributed by atoms with Crippen LogP contribution in [0.25, 0.3) is 0 Å². The first-order valence-corrected chi connectivity index (χ1v) is 13.2. The highest BCUT2D eigenvalue weighted by molar-refractivity contribution is 5.98. The highest BCUT2D eigenvalue weighted by atomic mass is 16.5. The molecule has 1 N–H and O–H groups in total. The Kier molecular flexibility index (Phi) is 7.58. The van der Waals surface area contributed by atoms with E-state index in [2.05, 4.69) is 5.32 Å². The smallest absolute Gasteiger partial charge is 0.256 e. The van der Waals surface area contributed by atoms with Crippen molar-refractivity contribution < 1.29 is 23.9 Å². The van der Waals surface area contributed by atoms with Gasteiger partial charge in [0, 0.05) is 44.6 Å². The summed E-state index contributed by atoms with van der Waals surface area (Å²) in [5.74, 6) is -0.389. The van der Waals surface area contributed by atoms with Crippen molar-refractivity contribution in [3.63, 3.8) is 0 Å². The Morgan fingerprint density at radius 3 is 2.54 bits per heavy atom. The second-order valence-corrected chi connectivity index (χ2v) is 10.2. The van der Waals surface area contributed by atoms with Crippen LogP contribution in [-0.4, -0.2) is 78.2 Å². The largest absolute Gasteiger partial charge is 0.376 e. The van der Waals surface area contributed by atoms with Crippen LogP contribution < -0.4 is 5.32 Å². The number of carbonyl (C=O) groups is 3. The summed E-state index contributed by atoms with van der Waals surface area (Å²) >= 11 is 0. The van der Waals surface area contributed by atoms with Crippen LogP contribution in [0, 0.1) is 6.92 Å². The molecule has 37 heavy (non-hydrogen) atoms. The number of amides is 3. The SMILES string of the molecule is Cc1cccc(C(=O)N2[C@@H](C(=O)NC[C@H]3CCCO3)COC23CCN(C(=O)Cc2ccccc2)CC3)c1. The van der Waals surface area contributed by atoms with E-state index < -0.39 is 11.8 Å². The molecule has 3 fully saturated rings. The van der Waals surface area contributed by atoms with E-state index in [1.54, 1.807) is 11.0 Å². The highest BCUT2D eigenvalue weighted by Crippen LogP contribution is 2.38. The quantitative estimate of drug-likeness (QED) is 0.652. The Morgan fingerprint density at radius 1 is 1.05 bits per heavy atom. The molecule has 2 atom stereocenters. The zero-order valence-electron chi connectivity index (χ0n) is 21.4. The van der Waals surface area contributed by atoms with Crippen molar-refractivity contribution in [2.45, 2.75) is 56.9 Å². The average molecular weight is 506 g/mol. The fraction of sp³-hybridized carbons (Fsp3) is 0.483. The minimum absolute atomic E-state index is 0.0139. The number of nitrogens with one attached hydrogen (secondary N) is 1. The first-order chi connectivity index (χ1) is 17.9. The Bertz CT molecular complexity index is 1120. The zero-order chi connectivity index (χ0) is 25.8. The fourth-order valence-electron chi connectivity index (χ4n) is 5.61. The summed E-state index contributed by atoms with van der Waals surface area (Å²) in [6.07, 6.45) is 3.19. The lowest BCUT2D eigenvalue weighted by molar-refractivity contribution is -0.143. The van der Waals surface area contributed by atoms with Gasteiger partial charge in [0.1, 0.15) is 11.8 Å². The molecule has 3 aliphatic heterocycles. The number of aryl methyl sites for hydroxylation is 1. The molecule has 3 saturated heterocycles. The van der Waals surface area contributed by atoms with E-state index in [4.69, 9.17) is 9.47 Å². The number of ether oxygens (including phenoxy) is 2. The van der Waals surface area contributed by atoms with E-state index in [1.165, 1.54) is 0 Å². The van der Waals surface area contributed by atoms with Crippen LogP contribution in [0.15, 0.2) is 54.6 Å². The van der Waals surface area contributed by atoms with Crippen molar-refractivity contribution in [1.29, 1.82) is 0 Å². The van der Waals surface area contributed by atoms with Crippen LogP contribution in [0.4, 0.5) is 0 Å². The molecule has 3 amide bonds. The highest BCUT2D eigenvalue weighted by Gasteiger charge is 2.54. The lowest BCUT2D eigenvalue weighted by Gasteiger charge is -2.44. The van der Waals surface area contributed by atoms with Crippen LogP contribution in [0.2, 0.25) is 0 Å². The van der Waals surface area contributed by atoms with Crippen molar-refractivity contribution in [3.8, 4) is 0 Å². The molecule has 0 saturated carbocycles. The van der Waals surface area contributed by atoms with Gasteiger partial charge in [0.15, 0.2) is 0 Å². The van der Waals surface area contributed by atoms with Gasteiger partial charge < -0.3 is 19.7 Å². The number of nitrogens with zero attached hydrogens (tertiary/aromatic N) is 2. The number of rotatable bonds is 6. The van der Waals surface area contributed by atoms with Crippen LogP contribution in [-0.2, 0) is 25.5 Å². The van der Waals surface area contributed by atoms with Gasteiger partial charge >= 0.3 is 0 Å². The summed E-state index contributed by atoms with van der Waals surface area (Å²) in [6.45, 7) is 4.15. The van der Waals surface area contributed by atoms with E-state index in [9.17, 15) is 14.4 Å². The summed E-state index contributed by atoms with van der Waals surface area (Å²) in [7, 11) is 0. The van der Waals surface area contributed by atoms with Crippen LogP contribution in [0.3, 0.4) is 0 Å². The summed E-state index contributed by atoms with van der Waals surface area (Å²) in [4.78, 5) is 43.6. The third-order valence-electron chi connectivity index (χ3n) is 7.67. The van der Waals surface area contributed by atoms with Gasteiger partial charge in [-0.2, -0.15) is 0 Å². The molecule has 1 spiro atoms. The van der Waals surface area contributed by atoms with Gasteiger partial charge in [-0.25, -0.2) is 0 Å². The van der Waals surface area contributed by atoms with Gasteiger partial charge in [-0.15, -0.1) is 0 Å². The molecule has 0 bridgehead atoms. The van der Waals surface area contributed by atoms with E-state index in [0.29, 0.717) is 51.1 Å². The van der Waals surface area contributed by atoms with Crippen LogP contribution in [0.5, 0.6) is 0 Å². The normalized spacial score (nSPS) is 22.8. The monoisotopic (exact) mass is 505 g/mol. The van der Waals surface area contributed by atoms with Crippen molar-refractivity contribution in [2.75, 3.05) is 32.8 Å². The van der Waals surface area contributed by atoms with Crippen LogP contribution in [0.1, 0.15) is 47.2 Å². The van der Waals surface area contributed by atoms with Gasteiger partial charge in [0.05, 0.1) is 19.1 Å². The Hall–Kier alpha value is -3.23. The first kappa shape index (κ1) is 25.4. The van der Waals surface area contributed by atoms with Gasteiger partial charge in [-0.3, -0.25) is 19.3 Å². The van der Waals surface area contributed by atoms with E-state index in [1.807, 2.05) is 60.4 Å². The van der Waals surface area contributed by atoms with E-state index in [-0.39, 0.29) is 30.4 Å². The lowest BCUT2D eigenvalue weighted by Crippen LogP contribution is -2.60. The van der Waals surface area contributed by atoms with E-state index in [0.717, 1.165) is 24.0 Å². The molecule has 8 heteroatoms. The Balaban J connectivity index is 1.32. The van der Waals surface area contributed by atoms with E-state index >= 15 is 0 Å². The number of piperidine rings is 1. The minimum atomic E-state index is -0.920. The molecule has 196 valence electrons. The predicted molar refractivity (Wildman–Crippen MR) is 138 cm³/mol. The third-order valence-corrected chi connectivity index (χ3v) is 7.67. The summed E-state index contributed by atoms with van der Waals surface area (Å²) in [5, 5.41) is 2.99. The molecule has 0 radical (unpaired) electrons. The molecule has 3 aliphatic rings. The van der Waals surface area contributed by atoms with Crippen LogP contribution >= 0.6 is 0 Å². The molecular formula is C29H35N3O5. The molecule has 3 heterocycles. The molecule has 0 aliphatic carbocycles. The second kappa shape index (κ2) is 11.0. The maximum atomic E-state index is 13.9. The van der Waals surface area contributed by atoms with Gasteiger partial charge in [-0.1, -0.05) is 48.0 Å². The Morgan fingerprint density at radius 2 is 1.84 bits per heavy atom. The molecule has 0 unspecified atom stereocenters. The molecule has 2 aromatic carbocycles. The lowest BCUT2D eigenvalue weighted by atomic mass is 9.96. The molecule has 8 nitrogen and oxygen atoms in total. The van der Waals surface area contributed by atoms with Crippen molar-refractivity contribution in [2.24, 2.45) is 0 Å². The first-order valence-electron chi connectivity index (χ1n) is 13.2. The maximum Gasteiger partial charge on any atom is 0.256 e. The molecule has 0 aromatic heterocycles. The number of hydrogen-bond donors (Lipinski definition) is 1. The third kappa shape index (κ3) is 5.55. The maximum absolute atomic E-state index is 13.9. The van der Waals surface area contributed by atoms with Crippen molar-refractivity contribution >= 4 is 17.7 Å². The number of carbonyl (C=O) groups excluding carboxylic acids is 3. The van der Waals surface area contributed by atoms with Crippen molar-refractivity contribution in [1.82, 2.24) is 15.1 Å². The molecule has 2 aromatic rings. The van der Waals surface area contributed by atoms with Gasteiger partial charge in [0.25, 0.3) is 5.91 Å². The van der Waals surface area contributed by atoms with Crippen molar-refractivity contribution in [3.05, 3.63) is 71.3 Å². The summed E-state index contributed by atoms with van der Waals surface area (Å²) < 4.78 is 11.9. The zero-order valence-corrected chi connectivity index (χ0v) is 21.4. The number of likely N-dealkylation sites (tertiary alicyclic amines) is 1. The van der Waals surface area contributed by atoms with Gasteiger partial charge in [0.2, 0.25) is 11.8 Å². The number of benzene rings is 2. The number of hydrogen-bond acceptors (Lipinski definition) is 5. The molecular weight excluding hydrogens is 470 g/mol. The topological polar surface area (TPSA) is 88.2 Å². The Labute approximate surface area is 217 Å².